The van der Waals surface area contributed by atoms with Gasteiger partial charge in [-0.1, -0.05) is 52.0 Å². The van der Waals surface area contributed by atoms with Crippen LogP contribution in [0.2, 0.25) is 0 Å². The molecule has 19 heavy (non-hydrogen) atoms. The van der Waals surface area contributed by atoms with Crippen LogP contribution in [0.15, 0.2) is 24.3 Å². The second-order valence-electron chi connectivity index (χ2n) is 6.50. The van der Waals surface area contributed by atoms with E-state index in [-0.39, 0.29) is 5.41 Å². The van der Waals surface area contributed by atoms with Gasteiger partial charge in [0.1, 0.15) is 0 Å². The third-order valence-corrected chi connectivity index (χ3v) is 3.96. The summed E-state index contributed by atoms with van der Waals surface area (Å²) >= 11 is 0. The number of ether oxygens (including phenoxy) is 1. The molecule has 1 aliphatic heterocycles. The van der Waals surface area contributed by atoms with Crippen LogP contribution in [-0.4, -0.2) is 19.8 Å². The topological polar surface area (TPSA) is 21.3 Å². The molecule has 0 aromatic heterocycles. The Hall–Kier alpha value is -0.860. The highest BCUT2D eigenvalue weighted by Gasteiger charge is 2.30. The van der Waals surface area contributed by atoms with Crippen molar-refractivity contribution in [1.29, 1.82) is 0 Å². The van der Waals surface area contributed by atoms with Gasteiger partial charge in [0, 0.05) is 18.6 Å². The van der Waals surface area contributed by atoms with Gasteiger partial charge in [-0.15, -0.1) is 0 Å². The summed E-state index contributed by atoms with van der Waals surface area (Å²) in [7, 11) is 0. The highest BCUT2D eigenvalue weighted by atomic mass is 16.5. The zero-order chi connectivity index (χ0) is 13.9. The van der Waals surface area contributed by atoms with Gasteiger partial charge in [-0.25, -0.2) is 0 Å². The number of hydrogen-bond acceptors (Lipinski definition) is 2. The van der Waals surface area contributed by atoms with E-state index in [1.54, 1.807) is 0 Å². The average molecular weight is 261 g/mol. The first-order valence-electron chi connectivity index (χ1n) is 7.44. The first-order valence-corrected chi connectivity index (χ1v) is 7.44. The molecule has 2 unspecified atom stereocenters. The van der Waals surface area contributed by atoms with Crippen LogP contribution in [0.5, 0.6) is 0 Å². The van der Waals surface area contributed by atoms with E-state index in [1.165, 1.54) is 11.1 Å². The molecule has 0 spiro atoms. The Morgan fingerprint density at radius 2 is 2.05 bits per heavy atom. The van der Waals surface area contributed by atoms with E-state index in [2.05, 4.69) is 57.3 Å². The highest BCUT2D eigenvalue weighted by molar-refractivity contribution is 5.35. The van der Waals surface area contributed by atoms with Gasteiger partial charge >= 0.3 is 0 Å². The largest absolute Gasteiger partial charge is 0.381 e. The number of benzene rings is 1. The normalized spacial score (nSPS) is 21.6. The fourth-order valence-corrected chi connectivity index (χ4v) is 3.02. The first-order chi connectivity index (χ1) is 9.04. The fourth-order valence-electron chi connectivity index (χ4n) is 3.02. The summed E-state index contributed by atoms with van der Waals surface area (Å²) in [5, 5.41) is 3.67. The molecule has 1 aromatic carbocycles. The van der Waals surface area contributed by atoms with Crippen molar-refractivity contribution in [2.45, 2.75) is 45.6 Å². The van der Waals surface area contributed by atoms with Gasteiger partial charge in [0.05, 0.1) is 6.61 Å². The Balaban J connectivity index is 2.35. The SMILES string of the molecule is CCNC(c1ccccc1C(C)(C)C)C1CCOC1. The molecular formula is C17H27NO. The van der Waals surface area contributed by atoms with Crippen molar-refractivity contribution in [3.05, 3.63) is 35.4 Å². The Kier molecular flexibility index (Phi) is 4.64. The molecule has 0 bridgehead atoms. The molecule has 0 radical (unpaired) electrons. The van der Waals surface area contributed by atoms with E-state index in [1.807, 2.05) is 0 Å². The van der Waals surface area contributed by atoms with Crippen LogP contribution in [-0.2, 0) is 10.2 Å². The van der Waals surface area contributed by atoms with Crippen molar-refractivity contribution < 1.29 is 4.74 Å². The lowest BCUT2D eigenvalue weighted by Crippen LogP contribution is -2.31. The molecule has 1 fully saturated rings. The Morgan fingerprint density at radius 3 is 2.63 bits per heavy atom. The van der Waals surface area contributed by atoms with Crippen LogP contribution in [0.3, 0.4) is 0 Å². The molecule has 2 nitrogen and oxygen atoms in total. The van der Waals surface area contributed by atoms with Gasteiger partial charge in [0.25, 0.3) is 0 Å². The summed E-state index contributed by atoms with van der Waals surface area (Å²) in [5.41, 5.74) is 3.09. The lowest BCUT2D eigenvalue weighted by atomic mass is 9.79. The lowest BCUT2D eigenvalue weighted by molar-refractivity contribution is 0.176. The predicted octanol–water partition coefficient (Wildman–Crippen LogP) is 3.67. The van der Waals surface area contributed by atoms with Gasteiger partial charge < -0.3 is 10.1 Å². The van der Waals surface area contributed by atoms with Gasteiger partial charge in [0.15, 0.2) is 0 Å². The minimum Gasteiger partial charge on any atom is -0.381 e. The summed E-state index contributed by atoms with van der Waals surface area (Å²) in [6.45, 7) is 11.8. The fraction of sp³-hybridized carbons (Fsp3) is 0.647. The Labute approximate surface area is 117 Å². The van der Waals surface area contributed by atoms with Crippen LogP contribution in [0.1, 0.15) is 51.3 Å². The molecule has 1 saturated heterocycles. The Bertz CT molecular complexity index is 402. The van der Waals surface area contributed by atoms with Gasteiger partial charge in [-0.2, -0.15) is 0 Å². The van der Waals surface area contributed by atoms with E-state index in [9.17, 15) is 0 Å². The second kappa shape index (κ2) is 6.06. The second-order valence-corrected chi connectivity index (χ2v) is 6.50. The maximum Gasteiger partial charge on any atom is 0.0513 e. The monoisotopic (exact) mass is 261 g/mol. The summed E-state index contributed by atoms with van der Waals surface area (Å²) in [6.07, 6.45) is 1.16. The maximum atomic E-state index is 5.59. The molecule has 106 valence electrons. The third-order valence-electron chi connectivity index (χ3n) is 3.96. The third kappa shape index (κ3) is 3.37. The number of hydrogen-bond donors (Lipinski definition) is 1. The van der Waals surface area contributed by atoms with E-state index in [4.69, 9.17) is 4.74 Å². The van der Waals surface area contributed by atoms with Crippen LogP contribution < -0.4 is 5.32 Å². The molecular weight excluding hydrogens is 234 g/mol. The van der Waals surface area contributed by atoms with Gasteiger partial charge in [-0.3, -0.25) is 0 Å². The smallest absolute Gasteiger partial charge is 0.0513 e. The molecule has 0 amide bonds. The van der Waals surface area contributed by atoms with E-state index >= 15 is 0 Å². The molecule has 0 aliphatic carbocycles. The first kappa shape index (κ1) is 14.5. The van der Waals surface area contributed by atoms with Crippen LogP contribution in [0.25, 0.3) is 0 Å². The zero-order valence-electron chi connectivity index (χ0n) is 12.7. The molecule has 1 N–H and O–H groups in total. The minimum atomic E-state index is 0.184. The molecule has 2 atom stereocenters. The average Bonchev–Trinajstić information content (AvgIpc) is 2.88. The van der Waals surface area contributed by atoms with Crippen molar-refractivity contribution in [3.63, 3.8) is 0 Å². The summed E-state index contributed by atoms with van der Waals surface area (Å²) < 4.78 is 5.59. The number of nitrogens with one attached hydrogen (secondary N) is 1. The quantitative estimate of drug-likeness (QED) is 0.893. The van der Waals surface area contributed by atoms with Gasteiger partial charge in [0.2, 0.25) is 0 Å². The van der Waals surface area contributed by atoms with Crippen LogP contribution in [0, 0.1) is 5.92 Å². The van der Waals surface area contributed by atoms with Crippen molar-refractivity contribution in [2.75, 3.05) is 19.8 Å². The van der Waals surface area contributed by atoms with Crippen molar-refractivity contribution in [1.82, 2.24) is 5.32 Å². The van der Waals surface area contributed by atoms with Crippen LogP contribution in [0.4, 0.5) is 0 Å². The van der Waals surface area contributed by atoms with Crippen molar-refractivity contribution in [3.8, 4) is 0 Å². The molecule has 1 aliphatic rings. The molecule has 1 heterocycles. The molecule has 2 rings (SSSR count). The Morgan fingerprint density at radius 1 is 1.32 bits per heavy atom. The predicted molar refractivity (Wildman–Crippen MR) is 80.5 cm³/mol. The zero-order valence-corrected chi connectivity index (χ0v) is 12.7. The lowest BCUT2D eigenvalue weighted by Gasteiger charge is -2.30. The van der Waals surface area contributed by atoms with E-state index < -0.39 is 0 Å². The summed E-state index contributed by atoms with van der Waals surface area (Å²) in [6, 6.07) is 9.29. The summed E-state index contributed by atoms with van der Waals surface area (Å²) in [5.74, 6) is 0.600. The van der Waals surface area contributed by atoms with Crippen LogP contribution >= 0.6 is 0 Å². The standard InChI is InChI=1S/C17H27NO/c1-5-18-16(13-10-11-19-12-13)14-8-6-7-9-15(14)17(2,3)4/h6-9,13,16,18H,5,10-12H2,1-4H3. The molecule has 0 saturated carbocycles. The number of rotatable bonds is 4. The minimum absolute atomic E-state index is 0.184. The van der Waals surface area contributed by atoms with Gasteiger partial charge in [-0.05, 0) is 29.5 Å². The maximum absolute atomic E-state index is 5.59. The molecule has 1 aromatic rings. The molecule has 2 heteroatoms. The van der Waals surface area contributed by atoms with E-state index in [0.717, 1.165) is 26.2 Å². The highest BCUT2D eigenvalue weighted by Crippen LogP contribution is 2.35. The summed E-state index contributed by atoms with van der Waals surface area (Å²) in [4.78, 5) is 0. The van der Waals surface area contributed by atoms with Crippen molar-refractivity contribution >= 4 is 0 Å². The van der Waals surface area contributed by atoms with Crippen molar-refractivity contribution in [2.24, 2.45) is 5.92 Å². The van der Waals surface area contributed by atoms with E-state index in [0.29, 0.717) is 12.0 Å².